The van der Waals surface area contributed by atoms with E-state index in [0.29, 0.717) is 5.02 Å². The Labute approximate surface area is 156 Å². The third-order valence-corrected chi connectivity index (χ3v) is 2.91. The first kappa shape index (κ1) is 27.7. The van der Waals surface area contributed by atoms with Crippen molar-refractivity contribution in [1.29, 1.82) is 0 Å². The fraction of sp³-hybridized carbons (Fsp3) is 0.400. The Morgan fingerprint density at radius 2 is 1.17 bits per heavy atom. The number of hydrogen-bond acceptors (Lipinski definition) is 0. The van der Waals surface area contributed by atoms with E-state index in [1.54, 1.807) is 18.2 Å². The van der Waals surface area contributed by atoms with Gasteiger partial charge in [0.25, 0.3) is 0 Å². The van der Waals surface area contributed by atoms with E-state index >= 15 is 0 Å². The molecule has 4 heteroatoms. The molecular formula is C20H30Cl2F2. The molecule has 0 unspecified atom stereocenters. The summed E-state index contributed by atoms with van der Waals surface area (Å²) >= 11 is 11.0. The lowest BCUT2D eigenvalue weighted by atomic mass is 10.2. The van der Waals surface area contributed by atoms with Crippen molar-refractivity contribution in [1.82, 2.24) is 0 Å². The second kappa shape index (κ2) is 18.2. The molecular weight excluding hydrogens is 349 g/mol. The van der Waals surface area contributed by atoms with Crippen molar-refractivity contribution in [3.05, 3.63) is 69.2 Å². The van der Waals surface area contributed by atoms with Crippen LogP contribution in [0.2, 0.25) is 10.0 Å². The zero-order chi connectivity index (χ0) is 19.7. The highest BCUT2D eigenvalue weighted by Gasteiger charge is 1.95. The number of rotatable bonds is 0. The predicted molar refractivity (Wildman–Crippen MR) is 106 cm³/mol. The SMILES string of the molecule is CC.CC.CC.Cc1ccc(F)c(Cl)c1.Cc1ccc(F)cc1Cl. The molecule has 2 aromatic rings. The molecule has 0 aliphatic heterocycles. The molecule has 0 aromatic heterocycles. The van der Waals surface area contributed by atoms with Gasteiger partial charge in [0.15, 0.2) is 0 Å². The molecule has 138 valence electrons. The van der Waals surface area contributed by atoms with Crippen LogP contribution in [-0.2, 0) is 0 Å². The molecule has 0 amide bonds. The molecule has 0 heterocycles. The van der Waals surface area contributed by atoms with Crippen LogP contribution in [0.1, 0.15) is 52.7 Å². The molecule has 0 radical (unpaired) electrons. The largest absolute Gasteiger partial charge is 0.207 e. The van der Waals surface area contributed by atoms with Crippen LogP contribution in [0.25, 0.3) is 0 Å². The van der Waals surface area contributed by atoms with E-state index in [4.69, 9.17) is 23.2 Å². The first-order valence-corrected chi connectivity index (χ1v) is 8.99. The van der Waals surface area contributed by atoms with Crippen molar-refractivity contribution in [2.45, 2.75) is 55.4 Å². The molecule has 0 fully saturated rings. The zero-order valence-electron chi connectivity index (χ0n) is 16.0. The lowest BCUT2D eigenvalue weighted by molar-refractivity contribution is 0.627. The summed E-state index contributed by atoms with van der Waals surface area (Å²) in [5.74, 6) is -0.645. The summed E-state index contributed by atoms with van der Waals surface area (Å²) in [5, 5.41) is 0.671. The molecule has 0 nitrogen and oxygen atoms in total. The van der Waals surface area contributed by atoms with Crippen LogP contribution < -0.4 is 0 Å². The smallest absolute Gasteiger partial charge is 0.141 e. The lowest BCUT2D eigenvalue weighted by Crippen LogP contribution is -1.76. The highest BCUT2D eigenvalue weighted by atomic mass is 35.5. The Bertz CT molecular complexity index is 492. The maximum Gasteiger partial charge on any atom is 0.141 e. The van der Waals surface area contributed by atoms with Gasteiger partial charge in [0.05, 0.1) is 5.02 Å². The van der Waals surface area contributed by atoms with Gasteiger partial charge in [0.1, 0.15) is 11.6 Å². The normalized spacial score (nSPS) is 8.00. The Morgan fingerprint density at radius 1 is 0.667 bits per heavy atom. The molecule has 0 atom stereocenters. The van der Waals surface area contributed by atoms with Crippen LogP contribution in [0, 0.1) is 25.5 Å². The molecule has 0 saturated heterocycles. The summed E-state index contributed by atoms with van der Waals surface area (Å²) < 4.78 is 24.6. The van der Waals surface area contributed by atoms with Gasteiger partial charge in [0.2, 0.25) is 0 Å². The standard InChI is InChI=1S/2C7H6ClF.3C2H6/c1-5-2-3-6(9)4-7(5)8;1-5-2-3-7(9)6(8)4-5;3*1-2/h2*2-4H,1H3;3*1-2H3. The molecule has 0 spiro atoms. The first-order valence-electron chi connectivity index (χ1n) is 8.23. The number of benzene rings is 2. The van der Waals surface area contributed by atoms with E-state index < -0.39 is 0 Å². The van der Waals surface area contributed by atoms with E-state index in [-0.39, 0.29) is 16.7 Å². The maximum absolute atomic E-state index is 12.4. The van der Waals surface area contributed by atoms with Gasteiger partial charge < -0.3 is 0 Å². The third-order valence-electron chi connectivity index (χ3n) is 2.21. The van der Waals surface area contributed by atoms with Gasteiger partial charge in [-0.05, 0) is 49.2 Å². The van der Waals surface area contributed by atoms with Crippen LogP contribution in [0.5, 0.6) is 0 Å². The van der Waals surface area contributed by atoms with Gasteiger partial charge >= 0.3 is 0 Å². The summed E-state index contributed by atoms with van der Waals surface area (Å²) in [4.78, 5) is 0. The minimum Gasteiger partial charge on any atom is -0.207 e. The molecule has 0 bridgehead atoms. The molecule has 0 saturated carbocycles. The van der Waals surface area contributed by atoms with Crippen LogP contribution in [0.4, 0.5) is 8.78 Å². The number of aryl methyl sites for hydroxylation is 2. The van der Waals surface area contributed by atoms with E-state index in [2.05, 4.69) is 0 Å². The summed E-state index contributed by atoms with van der Waals surface area (Å²) in [6.45, 7) is 15.7. The second-order valence-corrected chi connectivity index (χ2v) is 4.63. The summed E-state index contributed by atoms with van der Waals surface area (Å²) in [6, 6.07) is 8.98. The minimum atomic E-state index is -0.359. The number of hydrogen-bond donors (Lipinski definition) is 0. The van der Waals surface area contributed by atoms with Crippen molar-refractivity contribution < 1.29 is 8.78 Å². The average Bonchev–Trinajstić information content (AvgIpc) is 2.61. The van der Waals surface area contributed by atoms with Gasteiger partial charge in [-0.15, -0.1) is 0 Å². The second-order valence-electron chi connectivity index (χ2n) is 3.81. The summed E-state index contributed by atoms with van der Waals surface area (Å²) in [6.07, 6.45) is 0. The Morgan fingerprint density at radius 3 is 1.50 bits per heavy atom. The van der Waals surface area contributed by atoms with E-state index in [1.807, 2.05) is 55.4 Å². The van der Waals surface area contributed by atoms with Gasteiger partial charge in [-0.3, -0.25) is 0 Å². The Hall–Kier alpha value is -1.12. The van der Waals surface area contributed by atoms with Crippen LogP contribution in [0.15, 0.2) is 36.4 Å². The van der Waals surface area contributed by atoms with Gasteiger partial charge in [0, 0.05) is 5.02 Å². The topological polar surface area (TPSA) is 0 Å². The summed E-state index contributed by atoms with van der Waals surface area (Å²) in [5.41, 5.74) is 1.87. The molecule has 0 N–H and O–H groups in total. The maximum atomic E-state index is 12.4. The third kappa shape index (κ3) is 13.3. The van der Waals surface area contributed by atoms with Crippen molar-refractivity contribution in [3.63, 3.8) is 0 Å². The molecule has 2 aromatic carbocycles. The highest BCUT2D eigenvalue weighted by molar-refractivity contribution is 6.31. The van der Waals surface area contributed by atoms with Gasteiger partial charge in [-0.25, -0.2) is 8.78 Å². The molecule has 2 rings (SSSR count). The first-order chi connectivity index (χ1) is 11.4. The fourth-order valence-electron chi connectivity index (χ4n) is 1.17. The monoisotopic (exact) mass is 378 g/mol. The quantitative estimate of drug-likeness (QED) is 0.430. The van der Waals surface area contributed by atoms with E-state index in [0.717, 1.165) is 11.1 Å². The predicted octanol–water partition coefficient (Wildman–Crippen LogP) is 8.65. The van der Waals surface area contributed by atoms with Gasteiger partial charge in [-0.1, -0.05) is 76.9 Å². The Kier molecular flexibility index (Phi) is 21.0. The van der Waals surface area contributed by atoms with Gasteiger partial charge in [-0.2, -0.15) is 0 Å². The van der Waals surface area contributed by atoms with Crippen molar-refractivity contribution in [2.24, 2.45) is 0 Å². The van der Waals surface area contributed by atoms with Crippen LogP contribution in [0.3, 0.4) is 0 Å². The lowest BCUT2D eigenvalue weighted by Gasteiger charge is -1.93. The number of halogens is 4. The van der Waals surface area contributed by atoms with Crippen molar-refractivity contribution in [2.75, 3.05) is 0 Å². The summed E-state index contributed by atoms with van der Waals surface area (Å²) in [7, 11) is 0. The minimum absolute atomic E-state index is 0.190. The highest BCUT2D eigenvalue weighted by Crippen LogP contribution is 2.15. The van der Waals surface area contributed by atoms with E-state index in [9.17, 15) is 8.78 Å². The van der Waals surface area contributed by atoms with E-state index in [1.165, 1.54) is 18.2 Å². The Balaban J connectivity index is -0.000000281. The molecule has 0 aliphatic rings. The molecule has 24 heavy (non-hydrogen) atoms. The molecule has 0 aliphatic carbocycles. The fourth-order valence-corrected chi connectivity index (χ4v) is 1.57. The van der Waals surface area contributed by atoms with Crippen LogP contribution >= 0.6 is 23.2 Å². The zero-order valence-corrected chi connectivity index (χ0v) is 17.5. The van der Waals surface area contributed by atoms with Crippen LogP contribution in [-0.4, -0.2) is 0 Å². The van der Waals surface area contributed by atoms with Crippen molar-refractivity contribution in [3.8, 4) is 0 Å². The average molecular weight is 379 g/mol. The van der Waals surface area contributed by atoms with Crippen molar-refractivity contribution >= 4 is 23.2 Å².